The van der Waals surface area contributed by atoms with Crippen LogP contribution in [0.3, 0.4) is 0 Å². The number of rotatable bonds is 8. The van der Waals surface area contributed by atoms with Crippen molar-refractivity contribution in [2.75, 3.05) is 26.2 Å². The van der Waals surface area contributed by atoms with Crippen molar-refractivity contribution in [1.82, 2.24) is 10.2 Å². The molecule has 1 saturated carbocycles. The Bertz CT molecular complexity index is 248. The van der Waals surface area contributed by atoms with Crippen molar-refractivity contribution in [3.05, 3.63) is 0 Å². The molecule has 1 N–H and O–H groups in total. The normalized spacial score (nSPS) is 27.0. The van der Waals surface area contributed by atoms with Crippen LogP contribution in [0.5, 0.6) is 0 Å². The number of likely N-dealkylation sites (tertiary alicyclic amines) is 1. The van der Waals surface area contributed by atoms with Gasteiger partial charge in [-0.1, -0.05) is 39.5 Å². The molecule has 0 bridgehead atoms. The molecule has 0 aromatic heterocycles. The van der Waals surface area contributed by atoms with Crippen LogP contribution in [0.2, 0.25) is 0 Å². The highest BCUT2D eigenvalue weighted by atomic mass is 15.2. The number of hydrogen-bond donors (Lipinski definition) is 1. The van der Waals surface area contributed by atoms with Gasteiger partial charge >= 0.3 is 0 Å². The molecule has 2 fully saturated rings. The molecule has 0 radical (unpaired) electrons. The fourth-order valence-corrected chi connectivity index (χ4v) is 4.25. The van der Waals surface area contributed by atoms with E-state index in [1.54, 1.807) is 0 Å². The lowest BCUT2D eigenvalue weighted by Gasteiger charge is -2.34. The fourth-order valence-electron chi connectivity index (χ4n) is 4.25. The number of nitrogens with zero attached hydrogens (tertiary/aromatic N) is 1. The van der Waals surface area contributed by atoms with Gasteiger partial charge in [0.2, 0.25) is 0 Å². The van der Waals surface area contributed by atoms with Crippen molar-refractivity contribution in [2.24, 2.45) is 11.8 Å². The summed E-state index contributed by atoms with van der Waals surface area (Å²) in [5.74, 6) is 1.93. The van der Waals surface area contributed by atoms with Crippen LogP contribution >= 0.6 is 0 Å². The molecular formula is C18H36N2. The van der Waals surface area contributed by atoms with Gasteiger partial charge in [0, 0.05) is 19.1 Å². The molecule has 0 amide bonds. The maximum atomic E-state index is 3.87. The average Bonchev–Trinajstić information content (AvgIpc) is 2.92. The zero-order valence-electron chi connectivity index (χ0n) is 13.9. The van der Waals surface area contributed by atoms with E-state index in [0.29, 0.717) is 0 Å². The summed E-state index contributed by atoms with van der Waals surface area (Å²) < 4.78 is 0. The average molecular weight is 280 g/mol. The minimum atomic E-state index is 0.760. The van der Waals surface area contributed by atoms with E-state index >= 15 is 0 Å². The molecule has 1 aliphatic heterocycles. The Kier molecular flexibility index (Phi) is 7.37. The summed E-state index contributed by atoms with van der Waals surface area (Å²) in [6.45, 7) is 9.85. The van der Waals surface area contributed by atoms with Gasteiger partial charge in [0.25, 0.3) is 0 Å². The van der Waals surface area contributed by atoms with Crippen LogP contribution in [0.4, 0.5) is 0 Å². The smallest absolute Gasteiger partial charge is 0.0223 e. The van der Waals surface area contributed by atoms with E-state index in [9.17, 15) is 0 Å². The maximum absolute atomic E-state index is 3.87. The van der Waals surface area contributed by atoms with Crippen molar-refractivity contribution in [3.8, 4) is 0 Å². The molecule has 0 aromatic carbocycles. The zero-order chi connectivity index (χ0) is 14.2. The minimum Gasteiger partial charge on any atom is -0.312 e. The third-order valence-electron chi connectivity index (χ3n) is 5.40. The molecule has 1 heterocycles. The van der Waals surface area contributed by atoms with E-state index in [1.807, 2.05) is 0 Å². The molecule has 1 saturated heterocycles. The van der Waals surface area contributed by atoms with Crippen molar-refractivity contribution < 1.29 is 0 Å². The molecular weight excluding hydrogens is 244 g/mol. The third-order valence-corrected chi connectivity index (χ3v) is 5.40. The Morgan fingerprint density at radius 1 is 1.05 bits per heavy atom. The first-order valence-electron chi connectivity index (χ1n) is 9.29. The van der Waals surface area contributed by atoms with Gasteiger partial charge in [-0.15, -0.1) is 0 Å². The van der Waals surface area contributed by atoms with Gasteiger partial charge in [0.1, 0.15) is 0 Å². The van der Waals surface area contributed by atoms with Gasteiger partial charge in [-0.25, -0.2) is 0 Å². The third kappa shape index (κ3) is 5.04. The zero-order valence-corrected chi connectivity index (χ0v) is 13.9. The summed E-state index contributed by atoms with van der Waals surface area (Å²) in [5, 5.41) is 3.87. The Balaban J connectivity index is 1.80. The molecule has 2 atom stereocenters. The van der Waals surface area contributed by atoms with E-state index in [2.05, 4.69) is 24.1 Å². The van der Waals surface area contributed by atoms with Crippen LogP contribution in [0.15, 0.2) is 0 Å². The summed E-state index contributed by atoms with van der Waals surface area (Å²) in [4.78, 5) is 2.75. The SMILES string of the molecule is CCCNC(CN1CCC(CCC)C1)C1CCCCC1. The van der Waals surface area contributed by atoms with Gasteiger partial charge < -0.3 is 10.2 Å². The second-order valence-electron chi connectivity index (χ2n) is 7.16. The first kappa shape index (κ1) is 16.3. The standard InChI is InChI=1S/C18H36N2/c1-3-8-16-11-13-20(14-16)15-18(19-12-4-2)17-9-6-5-7-10-17/h16-19H,3-15H2,1-2H3. The molecule has 0 aromatic rings. The van der Waals surface area contributed by atoms with Gasteiger partial charge in [0.15, 0.2) is 0 Å². The number of hydrogen-bond acceptors (Lipinski definition) is 2. The molecule has 2 heteroatoms. The lowest BCUT2D eigenvalue weighted by Crippen LogP contribution is -2.46. The van der Waals surface area contributed by atoms with Crippen LogP contribution in [0, 0.1) is 11.8 Å². The van der Waals surface area contributed by atoms with Crippen molar-refractivity contribution in [3.63, 3.8) is 0 Å². The summed E-state index contributed by atoms with van der Waals surface area (Å²) in [7, 11) is 0. The molecule has 1 aliphatic carbocycles. The molecule has 2 aliphatic rings. The Morgan fingerprint density at radius 2 is 1.85 bits per heavy atom. The molecule has 2 nitrogen and oxygen atoms in total. The van der Waals surface area contributed by atoms with Gasteiger partial charge in [0.05, 0.1) is 0 Å². The van der Waals surface area contributed by atoms with Crippen LogP contribution in [0.1, 0.15) is 71.6 Å². The number of nitrogens with one attached hydrogen (secondary N) is 1. The minimum absolute atomic E-state index is 0.760. The van der Waals surface area contributed by atoms with E-state index in [1.165, 1.54) is 84.0 Å². The van der Waals surface area contributed by atoms with Gasteiger partial charge in [-0.2, -0.15) is 0 Å². The molecule has 2 rings (SSSR count). The first-order chi connectivity index (χ1) is 9.83. The Hall–Kier alpha value is -0.0800. The lowest BCUT2D eigenvalue weighted by atomic mass is 9.83. The van der Waals surface area contributed by atoms with E-state index in [4.69, 9.17) is 0 Å². The van der Waals surface area contributed by atoms with Crippen LogP contribution in [-0.4, -0.2) is 37.1 Å². The summed E-state index contributed by atoms with van der Waals surface area (Å²) >= 11 is 0. The Labute approximate surface area is 126 Å². The van der Waals surface area contributed by atoms with Gasteiger partial charge in [-0.05, 0) is 57.0 Å². The van der Waals surface area contributed by atoms with E-state index < -0.39 is 0 Å². The lowest BCUT2D eigenvalue weighted by molar-refractivity contribution is 0.200. The van der Waals surface area contributed by atoms with E-state index in [-0.39, 0.29) is 0 Å². The summed E-state index contributed by atoms with van der Waals surface area (Å²) in [6, 6.07) is 0.760. The maximum Gasteiger partial charge on any atom is 0.0223 e. The molecule has 20 heavy (non-hydrogen) atoms. The quantitative estimate of drug-likeness (QED) is 0.721. The van der Waals surface area contributed by atoms with Crippen LogP contribution < -0.4 is 5.32 Å². The molecule has 118 valence electrons. The predicted molar refractivity (Wildman–Crippen MR) is 88.1 cm³/mol. The highest BCUT2D eigenvalue weighted by Crippen LogP contribution is 2.28. The second kappa shape index (κ2) is 9.04. The highest BCUT2D eigenvalue weighted by molar-refractivity contribution is 4.85. The van der Waals surface area contributed by atoms with Crippen LogP contribution in [-0.2, 0) is 0 Å². The largest absolute Gasteiger partial charge is 0.312 e. The Morgan fingerprint density at radius 3 is 2.55 bits per heavy atom. The monoisotopic (exact) mass is 280 g/mol. The van der Waals surface area contributed by atoms with Crippen molar-refractivity contribution >= 4 is 0 Å². The highest BCUT2D eigenvalue weighted by Gasteiger charge is 2.28. The summed E-state index contributed by atoms with van der Waals surface area (Å²) in [6.07, 6.45) is 12.8. The second-order valence-corrected chi connectivity index (χ2v) is 7.16. The first-order valence-corrected chi connectivity index (χ1v) is 9.29. The topological polar surface area (TPSA) is 15.3 Å². The van der Waals surface area contributed by atoms with Crippen LogP contribution in [0.25, 0.3) is 0 Å². The summed E-state index contributed by atoms with van der Waals surface area (Å²) in [5.41, 5.74) is 0. The molecule has 2 unspecified atom stereocenters. The van der Waals surface area contributed by atoms with Crippen molar-refractivity contribution in [1.29, 1.82) is 0 Å². The predicted octanol–water partition coefficient (Wildman–Crippen LogP) is 4.06. The van der Waals surface area contributed by atoms with E-state index in [0.717, 1.165) is 17.9 Å². The van der Waals surface area contributed by atoms with Crippen molar-refractivity contribution in [2.45, 2.75) is 77.7 Å². The fraction of sp³-hybridized carbons (Fsp3) is 1.00. The van der Waals surface area contributed by atoms with Gasteiger partial charge in [-0.3, -0.25) is 0 Å². The molecule has 0 spiro atoms.